The number of rotatable bonds is 5. The summed E-state index contributed by atoms with van der Waals surface area (Å²) in [6, 6.07) is 16.8. The van der Waals surface area contributed by atoms with Crippen LogP contribution >= 0.6 is 0 Å². The normalized spacial score (nSPS) is 17.5. The van der Waals surface area contributed by atoms with Gasteiger partial charge in [0.1, 0.15) is 5.82 Å². The minimum atomic E-state index is 0.443. The zero-order chi connectivity index (χ0) is 17.9. The second-order valence-corrected chi connectivity index (χ2v) is 6.81. The van der Waals surface area contributed by atoms with Crippen molar-refractivity contribution in [2.24, 2.45) is 0 Å². The van der Waals surface area contributed by atoms with Crippen molar-refractivity contribution in [3.63, 3.8) is 0 Å². The Hall–Kier alpha value is -2.66. The quantitative estimate of drug-likeness (QED) is 0.705. The maximum atomic E-state index is 5.24. The van der Waals surface area contributed by atoms with E-state index in [0.717, 1.165) is 37.6 Å². The number of hydrogen-bond donors (Lipinski definition) is 0. The molecule has 5 heteroatoms. The molecule has 0 N–H and O–H groups in total. The fourth-order valence-corrected chi connectivity index (χ4v) is 3.76. The number of likely N-dealkylation sites (tertiary alicyclic amines) is 1. The molecule has 0 aliphatic carbocycles. The third-order valence-corrected chi connectivity index (χ3v) is 5.00. The molecule has 0 spiro atoms. The van der Waals surface area contributed by atoms with E-state index in [2.05, 4.69) is 56.7 Å². The Labute approximate surface area is 154 Å². The number of benzene rings is 1. The van der Waals surface area contributed by atoms with E-state index in [1.165, 1.54) is 11.3 Å². The minimum absolute atomic E-state index is 0.443. The summed E-state index contributed by atoms with van der Waals surface area (Å²) in [5.41, 5.74) is 3.44. The largest absolute Gasteiger partial charge is 0.481 e. The smallest absolute Gasteiger partial charge is 0.213 e. The molecule has 1 unspecified atom stereocenters. The standard InChI is InChI=1S/C21H24N4O/c1-16-13-22-21(17-7-4-3-5-8-17)25(16)19-11-12-24(15-19)14-18-9-6-10-20(23-18)26-2/h3-10,13,19H,11-12,14-15H2,1-2H3. The van der Waals surface area contributed by atoms with Crippen molar-refractivity contribution in [3.05, 3.63) is 66.1 Å². The molecule has 1 fully saturated rings. The average molecular weight is 348 g/mol. The second kappa shape index (κ2) is 7.30. The molecule has 3 aromatic rings. The van der Waals surface area contributed by atoms with Crippen LogP contribution in [0.5, 0.6) is 5.88 Å². The van der Waals surface area contributed by atoms with Gasteiger partial charge in [0.2, 0.25) is 5.88 Å². The lowest BCUT2D eigenvalue weighted by Crippen LogP contribution is -2.22. The van der Waals surface area contributed by atoms with E-state index in [1.807, 2.05) is 24.4 Å². The van der Waals surface area contributed by atoms with Crippen LogP contribution < -0.4 is 4.74 Å². The van der Waals surface area contributed by atoms with Gasteiger partial charge in [-0.15, -0.1) is 0 Å². The SMILES string of the molecule is COc1cccc(CN2CCC(n3c(C)cnc3-c3ccccc3)C2)n1. The lowest BCUT2D eigenvalue weighted by atomic mass is 10.2. The first-order valence-electron chi connectivity index (χ1n) is 9.06. The Morgan fingerprint density at radius 1 is 1.12 bits per heavy atom. The van der Waals surface area contributed by atoms with Crippen LogP contribution in [0.25, 0.3) is 11.4 Å². The van der Waals surface area contributed by atoms with E-state index in [4.69, 9.17) is 4.74 Å². The highest BCUT2D eigenvalue weighted by Gasteiger charge is 2.27. The molecule has 1 aromatic carbocycles. The van der Waals surface area contributed by atoms with Crippen LogP contribution in [0.15, 0.2) is 54.7 Å². The van der Waals surface area contributed by atoms with Crippen LogP contribution in [0.3, 0.4) is 0 Å². The first kappa shape index (κ1) is 16.8. The molecule has 0 amide bonds. The van der Waals surface area contributed by atoms with Gasteiger partial charge in [0.25, 0.3) is 0 Å². The van der Waals surface area contributed by atoms with E-state index in [0.29, 0.717) is 11.9 Å². The highest BCUT2D eigenvalue weighted by atomic mass is 16.5. The van der Waals surface area contributed by atoms with Gasteiger partial charge in [-0.05, 0) is 19.4 Å². The third-order valence-electron chi connectivity index (χ3n) is 5.00. The number of pyridine rings is 1. The molecule has 1 aliphatic rings. The number of aryl methyl sites for hydroxylation is 1. The molecular formula is C21H24N4O. The summed E-state index contributed by atoms with van der Waals surface area (Å²) < 4.78 is 7.63. The predicted octanol–water partition coefficient (Wildman–Crippen LogP) is 3.71. The molecule has 5 nitrogen and oxygen atoms in total. The molecule has 0 saturated carbocycles. The van der Waals surface area contributed by atoms with Gasteiger partial charge < -0.3 is 9.30 Å². The van der Waals surface area contributed by atoms with E-state index in [9.17, 15) is 0 Å². The molecule has 4 rings (SSSR count). The van der Waals surface area contributed by atoms with Crippen LogP contribution in [0.4, 0.5) is 0 Å². The van der Waals surface area contributed by atoms with Crippen LogP contribution in [0.2, 0.25) is 0 Å². The van der Waals surface area contributed by atoms with Crippen molar-refractivity contribution in [1.82, 2.24) is 19.4 Å². The maximum Gasteiger partial charge on any atom is 0.213 e. The Balaban J connectivity index is 1.52. The number of aromatic nitrogens is 3. The summed E-state index contributed by atoms with van der Waals surface area (Å²) in [6.45, 7) is 5.07. The number of hydrogen-bond acceptors (Lipinski definition) is 4. The van der Waals surface area contributed by atoms with Crippen LogP contribution in [-0.2, 0) is 6.54 Å². The number of imidazole rings is 1. The Kier molecular flexibility index (Phi) is 4.71. The van der Waals surface area contributed by atoms with Crippen molar-refractivity contribution >= 4 is 0 Å². The lowest BCUT2D eigenvalue weighted by molar-refractivity contribution is 0.309. The fourth-order valence-electron chi connectivity index (χ4n) is 3.76. The molecule has 1 atom stereocenters. The summed E-state index contributed by atoms with van der Waals surface area (Å²) in [5, 5.41) is 0. The van der Waals surface area contributed by atoms with Crippen LogP contribution in [0, 0.1) is 6.92 Å². The first-order chi connectivity index (χ1) is 12.7. The molecule has 134 valence electrons. The van der Waals surface area contributed by atoms with E-state index < -0.39 is 0 Å². The number of methoxy groups -OCH3 is 1. The zero-order valence-electron chi connectivity index (χ0n) is 15.3. The summed E-state index contributed by atoms with van der Waals surface area (Å²) in [6.07, 6.45) is 3.11. The van der Waals surface area contributed by atoms with Gasteiger partial charge >= 0.3 is 0 Å². The highest BCUT2D eigenvalue weighted by Crippen LogP contribution is 2.30. The minimum Gasteiger partial charge on any atom is -0.481 e. The van der Waals surface area contributed by atoms with Crippen LogP contribution in [-0.4, -0.2) is 39.6 Å². The molecular weight excluding hydrogens is 324 g/mol. The predicted molar refractivity (Wildman–Crippen MR) is 102 cm³/mol. The molecule has 1 aliphatic heterocycles. The van der Waals surface area contributed by atoms with Crippen molar-refractivity contribution in [3.8, 4) is 17.3 Å². The van der Waals surface area contributed by atoms with Gasteiger partial charge in [-0.25, -0.2) is 9.97 Å². The lowest BCUT2D eigenvalue weighted by Gasteiger charge is -2.19. The maximum absolute atomic E-state index is 5.24. The van der Waals surface area contributed by atoms with Gasteiger partial charge in [-0.1, -0.05) is 36.4 Å². The van der Waals surface area contributed by atoms with Crippen molar-refractivity contribution in [1.29, 1.82) is 0 Å². The summed E-state index contributed by atoms with van der Waals surface area (Å²) >= 11 is 0. The van der Waals surface area contributed by atoms with Gasteiger partial charge in [0.15, 0.2) is 0 Å². The van der Waals surface area contributed by atoms with Crippen LogP contribution in [0.1, 0.15) is 23.9 Å². The summed E-state index contributed by atoms with van der Waals surface area (Å²) in [5.74, 6) is 1.74. The third kappa shape index (κ3) is 3.35. The molecule has 2 aromatic heterocycles. The Morgan fingerprint density at radius 3 is 2.77 bits per heavy atom. The molecule has 1 saturated heterocycles. The van der Waals surface area contributed by atoms with Gasteiger partial charge in [-0.3, -0.25) is 4.90 Å². The topological polar surface area (TPSA) is 43.2 Å². The fraction of sp³-hybridized carbons (Fsp3) is 0.333. The van der Waals surface area contributed by atoms with Crippen molar-refractivity contribution < 1.29 is 4.74 Å². The van der Waals surface area contributed by atoms with Gasteiger partial charge in [-0.2, -0.15) is 0 Å². The first-order valence-corrected chi connectivity index (χ1v) is 9.06. The van der Waals surface area contributed by atoms with Gasteiger partial charge in [0.05, 0.1) is 12.8 Å². The van der Waals surface area contributed by atoms with E-state index >= 15 is 0 Å². The zero-order valence-corrected chi connectivity index (χ0v) is 15.3. The second-order valence-electron chi connectivity index (χ2n) is 6.81. The van der Waals surface area contributed by atoms with Crippen molar-refractivity contribution in [2.75, 3.05) is 20.2 Å². The Bertz CT molecular complexity index is 875. The number of ether oxygens (including phenoxy) is 1. The molecule has 3 heterocycles. The summed E-state index contributed by atoms with van der Waals surface area (Å²) in [4.78, 5) is 11.7. The summed E-state index contributed by atoms with van der Waals surface area (Å²) in [7, 11) is 1.66. The number of nitrogens with zero attached hydrogens (tertiary/aromatic N) is 4. The van der Waals surface area contributed by atoms with E-state index in [1.54, 1.807) is 7.11 Å². The van der Waals surface area contributed by atoms with Gasteiger partial charge in [0, 0.05) is 49.2 Å². The van der Waals surface area contributed by atoms with E-state index in [-0.39, 0.29) is 0 Å². The highest BCUT2D eigenvalue weighted by molar-refractivity contribution is 5.56. The molecule has 0 radical (unpaired) electrons. The molecule has 0 bridgehead atoms. The monoisotopic (exact) mass is 348 g/mol. The van der Waals surface area contributed by atoms with Crippen molar-refractivity contribution in [2.45, 2.75) is 25.9 Å². The average Bonchev–Trinajstić information content (AvgIpc) is 3.29. The Morgan fingerprint density at radius 2 is 1.96 bits per heavy atom. The molecule has 26 heavy (non-hydrogen) atoms.